The Morgan fingerprint density at radius 1 is 1.15 bits per heavy atom. The Labute approximate surface area is 232 Å². The Kier molecular flexibility index (Phi) is 7.59. The average molecular weight is 565 g/mol. The highest BCUT2D eigenvalue weighted by Crippen LogP contribution is 2.45. The van der Waals surface area contributed by atoms with Crippen molar-refractivity contribution in [1.29, 1.82) is 0 Å². The molecule has 0 spiro atoms. The van der Waals surface area contributed by atoms with Gasteiger partial charge in [-0.2, -0.15) is 0 Å². The number of nitrogen functional groups attached to an aromatic ring is 1. The molecule has 5 rings (SSSR count). The van der Waals surface area contributed by atoms with Crippen LogP contribution in [0.25, 0.3) is 22.3 Å². The molecule has 1 heterocycles. The maximum atomic E-state index is 13.6. The second-order valence-electron chi connectivity index (χ2n) is 9.60. The molecule has 1 aliphatic carbocycles. The maximum Gasteiger partial charge on any atom is 0.310 e. The first-order chi connectivity index (χ1) is 19.2. The van der Waals surface area contributed by atoms with Crippen LogP contribution in [0.4, 0.5) is 15.8 Å². The average Bonchev–Trinajstić information content (AvgIpc) is 3.72. The third-order valence-electron chi connectivity index (χ3n) is 7.00. The molecule has 11 heteroatoms. The second-order valence-corrected chi connectivity index (χ2v) is 10.5. The summed E-state index contributed by atoms with van der Waals surface area (Å²) in [6.45, 7) is -0.0125. The number of carbonyl (C=O) groups is 2. The van der Waals surface area contributed by atoms with E-state index in [0.717, 1.165) is 18.4 Å². The summed E-state index contributed by atoms with van der Waals surface area (Å²) in [5.41, 5.74) is 10.0. The van der Waals surface area contributed by atoms with Gasteiger partial charge in [-0.15, -0.1) is 0 Å². The largest absolute Gasteiger partial charge is 0.755 e. The van der Waals surface area contributed by atoms with Crippen LogP contribution in [0.5, 0.6) is 0 Å². The van der Waals surface area contributed by atoms with Crippen molar-refractivity contribution in [3.8, 4) is 11.3 Å². The molecule has 3 N–H and O–H groups in total. The lowest BCUT2D eigenvalue weighted by atomic mass is 9.97. The van der Waals surface area contributed by atoms with Crippen LogP contribution in [0.15, 0.2) is 59.0 Å². The van der Waals surface area contributed by atoms with Crippen LogP contribution in [0.1, 0.15) is 45.8 Å². The smallest absolute Gasteiger partial charge is 0.310 e. The summed E-state index contributed by atoms with van der Waals surface area (Å²) in [6.07, 6.45) is 1.76. The van der Waals surface area contributed by atoms with Crippen molar-refractivity contribution in [2.45, 2.75) is 31.7 Å². The van der Waals surface area contributed by atoms with Crippen molar-refractivity contribution in [3.63, 3.8) is 0 Å². The minimum absolute atomic E-state index is 0.0125. The predicted octanol–water partition coefficient (Wildman–Crippen LogP) is 4.57. The number of amides is 1. The first-order valence-corrected chi connectivity index (χ1v) is 13.6. The number of nitrogens with one attached hydrogen (secondary N) is 1. The fourth-order valence-electron chi connectivity index (χ4n) is 4.78. The van der Waals surface area contributed by atoms with E-state index >= 15 is 0 Å². The number of methoxy groups -OCH3 is 1. The van der Waals surface area contributed by atoms with Gasteiger partial charge < -0.3 is 24.8 Å². The highest BCUT2D eigenvalue weighted by molar-refractivity contribution is 7.80. The van der Waals surface area contributed by atoms with Crippen LogP contribution >= 0.6 is 0 Å². The number of nitrogens with zero attached hydrogens (tertiary/aromatic N) is 1. The number of anilines is 2. The van der Waals surface area contributed by atoms with Crippen LogP contribution in [0.2, 0.25) is 0 Å². The normalized spacial score (nSPS) is 13.7. The molecule has 9 nitrogen and oxygen atoms in total. The lowest BCUT2D eigenvalue weighted by Crippen LogP contribution is -2.25. The fraction of sp³-hybridized carbons (Fsp3) is 0.241. The highest BCUT2D eigenvalue weighted by Gasteiger charge is 2.30. The van der Waals surface area contributed by atoms with Crippen LogP contribution in [-0.4, -0.2) is 34.8 Å². The summed E-state index contributed by atoms with van der Waals surface area (Å²) >= 11 is -2.66. The third kappa shape index (κ3) is 5.43. The van der Waals surface area contributed by atoms with E-state index in [1.54, 1.807) is 24.3 Å². The molecule has 0 bridgehead atoms. The monoisotopic (exact) mass is 564 g/mol. The number of fused-ring (bicyclic) bond motifs is 1. The first-order valence-electron chi connectivity index (χ1n) is 12.6. The number of ether oxygens (including phenoxy) is 1. The van der Waals surface area contributed by atoms with Gasteiger partial charge in [-0.25, -0.2) is 4.39 Å². The molecule has 1 amide bonds. The van der Waals surface area contributed by atoms with E-state index in [4.69, 9.17) is 14.9 Å². The molecule has 0 radical (unpaired) electrons. The first kappa shape index (κ1) is 27.4. The SMILES string of the molecule is CNC(=O)c1c(-c2ccc(F)cc2)oc2cc(CN(c3ccc(N)c(CC(=O)OC)c3)S(=O)[O-])c(C3CC3)cc12. The quantitative estimate of drug-likeness (QED) is 0.172. The van der Waals surface area contributed by atoms with Crippen molar-refractivity contribution in [1.82, 2.24) is 5.32 Å². The molecular weight excluding hydrogens is 537 g/mol. The molecule has 1 saturated carbocycles. The van der Waals surface area contributed by atoms with Crippen LogP contribution < -0.4 is 15.4 Å². The molecule has 1 aromatic heterocycles. The maximum absolute atomic E-state index is 13.6. The highest BCUT2D eigenvalue weighted by atomic mass is 32.2. The summed E-state index contributed by atoms with van der Waals surface area (Å²) in [5, 5.41) is 3.24. The zero-order valence-electron chi connectivity index (χ0n) is 21.9. The molecule has 0 aliphatic heterocycles. The van der Waals surface area contributed by atoms with Crippen LogP contribution in [-0.2, 0) is 33.8 Å². The zero-order chi connectivity index (χ0) is 28.6. The predicted molar refractivity (Wildman–Crippen MR) is 149 cm³/mol. The third-order valence-corrected chi connectivity index (χ3v) is 7.70. The second kappa shape index (κ2) is 11.1. The summed E-state index contributed by atoms with van der Waals surface area (Å²) < 4.78 is 50.5. The summed E-state index contributed by atoms with van der Waals surface area (Å²) in [6, 6.07) is 14.0. The van der Waals surface area contributed by atoms with Gasteiger partial charge in [0.2, 0.25) is 0 Å². The van der Waals surface area contributed by atoms with Gasteiger partial charge in [-0.3, -0.25) is 18.1 Å². The molecular formula is C29H27FN3O6S-. The topological polar surface area (TPSA) is 138 Å². The van der Waals surface area contributed by atoms with E-state index in [0.29, 0.717) is 50.4 Å². The molecule has 208 valence electrons. The van der Waals surface area contributed by atoms with Crippen molar-refractivity contribution >= 4 is 45.5 Å². The minimum Gasteiger partial charge on any atom is -0.755 e. The number of hydrogen-bond donors (Lipinski definition) is 2. The number of esters is 1. The molecule has 1 unspecified atom stereocenters. The number of rotatable bonds is 9. The molecule has 40 heavy (non-hydrogen) atoms. The number of carbonyl (C=O) groups excluding carboxylic acids is 2. The molecule has 1 fully saturated rings. The van der Waals surface area contributed by atoms with Crippen molar-refractivity contribution in [2.24, 2.45) is 0 Å². The van der Waals surface area contributed by atoms with E-state index in [1.807, 2.05) is 6.07 Å². The standard InChI is InChI=1S/C29H28FN3O6S/c1-32-29(35)27-23-14-22(16-3-4-16)19(12-25(23)39-28(27)17-5-7-20(30)8-6-17)15-33(40(36)37)21-9-10-24(31)18(11-21)13-26(34)38-2/h5-12,14,16H,3-4,13,15,31H2,1-2H3,(H,32,35)(H,36,37)/p-1. The van der Waals surface area contributed by atoms with Crippen LogP contribution in [0, 0.1) is 5.82 Å². The van der Waals surface area contributed by atoms with E-state index in [9.17, 15) is 22.7 Å². The van der Waals surface area contributed by atoms with Crippen molar-refractivity contribution in [3.05, 3.63) is 82.7 Å². The molecule has 0 saturated heterocycles. The van der Waals surface area contributed by atoms with Gasteiger partial charge in [0.05, 0.1) is 25.6 Å². The number of halogens is 1. The van der Waals surface area contributed by atoms with Crippen molar-refractivity contribution in [2.75, 3.05) is 24.2 Å². The van der Waals surface area contributed by atoms with Gasteiger partial charge in [-0.05, 0) is 90.0 Å². The Morgan fingerprint density at radius 2 is 1.88 bits per heavy atom. The lowest BCUT2D eigenvalue weighted by Gasteiger charge is -2.28. The van der Waals surface area contributed by atoms with E-state index in [1.165, 1.54) is 42.7 Å². The van der Waals surface area contributed by atoms with Gasteiger partial charge in [0.1, 0.15) is 17.2 Å². The van der Waals surface area contributed by atoms with Gasteiger partial charge in [0.15, 0.2) is 0 Å². The van der Waals surface area contributed by atoms with E-state index < -0.39 is 23.1 Å². The van der Waals surface area contributed by atoms with E-state index in [-0.39, 0.29) is 24.8 Å². The number of nitrogens with two attached hydrogens (primary N) is 1. The number of furan rings is 1. The lowest BCUT2D eigenvalue weighted by molar-refractivity contribution is -0.139. The van der Waals surface area contributed by atoms with E-state index in [2.05, 4.69) is 5.32 Å². The fourth-order valence-corrected chi connectivity index (χ4v) is 5.31. The molecule has 1 aliphatic rings. The minimum atomic E-state index is -2.66. The molecule has 3 aromatic carbocycles. The number of benzene rings is 3. The van der Waals surface area contributed by atoms with Gasteiger partial charge in [-0.1, -0.05) is 0 Å². The Morgan fingerprint density at radius 3 is 2.50 bits per heavy atom. The van der Waals surface area contributed by atoms with Crippen LogP contribution in [0.3, 0.4) is 0 Å². The summed E-state index contributed by atoms with van der Waals surface area (Å²) in [4.78, 5) is 24.8. The summed E-state index contributed by atoms with van der Waals surface area (Å²) in [5.74, 6) is -0.757. The molecule has 4 aromatic rings. The zero-order valence-corrected chi connectivity index (χ0v) is 22.7. The Hall–Kier alpha value is -4.22. The Bertz CT molecular complexity index is 1630. The summed E-state index contributed by atoms with van der Waals surface area (Å²) in [7, 11) is 2.79. The number of hydrogen-bond acceptors (Lipinski definition) is 7. The Balaban J connectivity index is 1.61. The van der Waals surface area contributed by atoms with Gasteiger partial charge >= 0.3 is 5.97 Å². The molecule has 1 atom stereocenters. The van der Waals surface area contributed by atoms with Gasteiger partial charge in [0.25, 0.3) is 5.91 Å². The van der Waals surface area contributed by atoms with Crippen molar-refractivity contribution < 1.29 is 31.9 Å². The van der Waals surface area contributed by atoms with Gasteiger partial charge in [0, 0.05) is 40.6 Å².